The summed E-state index contributed by atoms with van der Waals surface area (Å²) in [6.07, 6.45) is 2.87. The molecular formula is C9H18N2O3. The topological polar surface area (TPSA) is 73.6 Å². The molecule has 1 atom stereocenters. The monoisotopic (exact) mass is 202 g/mol. The molecule has 0 saturated carbocycles. The number of nitrogens with two attached hydrogens (primary N) is 1. The molecule has 1 unspecified atom stereocenters. The number of unbranched alkanes of at least 4 members (excludes halogenated alkanes) is 1. The molecule has 0 bridgehead atoms. The van der Waals surface area contributed by atoms with Gasteiger partial charge in [0.25, 0.3) is 5.91 Å². The zero-order chi connectivity index (χ0) is 10.8. The molecule has 0 radical (unpaired) electrons. The summed E-state index contributed by atoms with van der Waals surface area (Å²) in [5.74, 6) is 4.61. The third kappa shape index (κ3) is 5.69. The normalized spacial score (nSPS) is 12.1. The van der Waals surface area contributed by atoms with Crippen LogP contribution in [0.25, 0.3) is 0 Å². The van der Waals surface area contributed by atoms with Crippen LogP contribution in [0.15, 0.2) is 12.7 Å². The summed E-state index contributed by atoms with van der Waals surface area (Å²) in [6.45, 7) is 4.28. The van der Waals surface area contributed by atoms with Gasteiger partial charge in [-0.05, 0) is 12.8 Å². The van der Waals surface area contributed by atoms with E-state index in [4.69, 9.17) is 15.3 Å². The number of rotatable bonds is 8. The second-order valence-corrected chi connectivity index (χ2v) is 2.75. The Balaban J connectivity index is 3.72. The van der Waals surface area contributed by atoms with Gasteiger partial charge in [-0.2, -0.15) is 0 Å². The van der Waals surface area contributed by atoms with Crippen LogP contribution >= 0.6 is 0 Å². The van der Waals surface area contributed by atoms with E-state index in [2.05, 4.69) is 6.58 Å². The maximum Gasteiger partial charge on any atom is 0.265 e. The molecule has 0 aromatic rings. The Kier molecular flexibility index (Phi) is 8.11. The Hall–Kier alpha value is -0.910. The molecule has 0 aliphatic rings. The highest BCUT2D eigenvalue weighted by Crippen LogP contribution is 1.97. The van der Waals surface area contributed by atoms with Crippen molar-refractivity contribution < 1.29 is 14.3 Å². The Labute approximate surface area is 84.2 Å². The number of ether oxygens (including phenoxy) is 2. The highest BCUT2D eigenvalue weighted by Gasteiger charge is 2.17. The van der Waals surface area contributed by atoms with Crippen molar-refractivity contribution in [1.82, 2.24) is 5.43 Å². The lowest BCUT2D eigenvalue weighted by Gasteiger charge is -2.14. The number of nitrogens with one attached hydrogen (secondary N) is 1. The first-order chi connectivity index (χ1) is 6.76. The van der Waals surface area contributed by atoms with Crippen molar-refractivity contribution in [2.24, 2.45) is 5.84 Å². The third-order valence-electron chi connectivity index (χ3n) is 1.62. The van der Waals surface area contributed by atoms with Gasteiger partial charge >= 0.3 is 0 Å². The van der Waals surface area contributed by atoms with Crippen molar-refractivity contribution in [2.45, 2.75) is 18.9 Å². The van der Waals surface area contributed by atoms with Gasteiger partial charge < -0.3 is 9.47 Å². The van der Waals surface area contributed by atoms with Gasteiger partial charge in [-0.15, -0.1) is 6.58 Å². The molecule has 0 fully saturated rings. The van der Waals surface area contributed by atoms with E-state index in [1.54, 1.807) is 6.08 Å². The molecule has 0 rings (SSSR count). The van der Waals surface area contributed by atoms with Crippen LogP contribution < -0.4 is 11.3 Å². The smallest absolute Gasteiger partial charge is 0.265 e. The zero-order valence-electron chi connectivity index (χ0n) is 8.49. The molecule has 5 nitrogen and oxygen atoms in total. The second-order valence-electron chi connectivity index (χ2n) is 2.75. The average Bonchev–Trinajstić information content (AvgIpc) is 2.21. The quantitative estimate of drug-likeness (QED) is 0.191. The van der Waals surface area contributed by atoms with E-state index in [1.165, 1.54) is 7.11 Å². The predicted molar refractivity (Wildman–Crippen MR) is 53.4 cm³/mol. The van der Waals surface area contributed by atoms with Gasteiger partial charge in [-0.1, -0.05) is 6.08 Å². The van der Waals surface area contributed by atoms with Gasteiger partial charge in [0, 0.05) is 13.7 Å². The van der Waals surface area contributed by atoms with E-state index >= 15 is 0 Å². The molecule has 0 saturated heterocycles. The highest BCUT2D eigenvalue weighted by molar-refractivity contribution is 5.80. The molecule has 3 N–H and O–H groups in total. The van der Waals surface area contributed by atoms with E-state index in [9.17, 15) is 4.79 Å². The van der Waals surface area contributed by atoms with Crippen molar-refractivity contribution in [3.8, 4) is 0 Å². The number of hydrazine groups is 1. The maximum atomic E-state index is 11.1. The minimum Gasteiger partial charge on any atom is -0.381 e. The third-order valence-corrected chi connectivity index (χ3v) is 1.62. The predicted octanol–water partition coefficient (Wildman–Crippen LogP) is -0.0259. The van der Waals surface area contributed by atoms with Crippen molar-refractivity contribution in [3.05, 3.63) is 12.7 Å². The van der Waals surface area contributed by atoms with E-state index < -0.39 is 6.10 Å². The second kappa shape index (κ2) is 8.68. The molecule has 0 heterocycles. The molecule has 14 heavy (non-hydrogen) atoms. The van der Waals surface area contributed by atoms with Crippen LogP contribution in [0.5, 0.6) is 0 Å². The lowest BCUT2D eigenvalue weighted by molar-refractivity contribution is -0.136. The standard InChI is InChI=1S/C9H18N2O3/c1-3-4-5-6-14-8(7-13-2)9(12)11-10/h3,8H,1,4-7,10H2,2H3,(H,11,12). The summed E-state index contributed by atoms with van der Waals surface area (Å²) in [5.41, 5.74) is 2.03. The summed E-state index contributed by atoms with van der Waals surface area (Å²) in [5, 5.41) is 0. The van der Waals surface area contributed by atoms with Crippen LogP contribution in [-0.2, 0) is 14.3 Å². The Bertz CT molecular complexity index is 173. The molecule has 1 amide bonds. The SMILES string of the molecule is C=CCCCOC(COC)C(=O)NN. The largest absolute Gasteiger partial charge is 0.381 e. The number of amides is 1. The molecule has 0 aromatic carbocycles. The summed E-state index contributed by atoms with van der Waals surface area (Å²) in [7, 11) is 1.50. The summed E-state index contributed by atoms with van der Waals surface area (Å²) >= 11 is 0. The Morgan fingerprint density at radius 3 is 2.93 bits per heavy atom. The summed E-state index contributed by atoms with van der Waals surface area (Å²) in [6, 6.07) is 0. The van der Waals surface area contributed by atoms with Crippen LogP contribution in [0.3, 0.4) is 0 Å². The van der Waals surface area contributed by atoms with Gasteiger partial charge in [-0.3, -0.25) is 10.2 Å². The molecule has 0 spiro atoms. The van der Waals surface area contributed by atoms with E-state index in [0.29, 0.717) is 6.61 Å². The zero-order valence-corrected chi connectivity index (χ0v) is 8.49. The molecule has 82 valence electrons. The van der Waals surface area contributed by atoms with E-state index in [0.717, 1.165) is 12.8 Å². The van der Waals surface area contributed by atoms with Crippen molar-refractivity contribution >= 4 is 5.91 Å². The van der Waals surface area contributed by atoms with Crippen molar-refractivity contribution in [1.29, 1.82) is 0 Å². The van der Waals surface area contributed by atoms with Gasteiger partial charge in [0.2, 0.25) is 0 Å². The fourth-order valence-electron chi connectivity index (χ4n) is 0.897. The van der Waals surface area contributed by atoms with Crippen LogP contribution in [-0.4, -0.2) is 32.3 Å². The van der Waals surface area contributed by atoms with Gasteiger partial charge in [-0.25, -0.2) is 5.84 Å². The van der Waals surface area contributed by atoms with Crippen LogP contribution in [0.1, 0.15) is 12.8 Å². The van der Waals surface area contributed by atoms with Crippen LogP contribution in [0, 0.1) is 0 Å². The van der Waals surface area contributed by atoms with Crippen LogP contribution in [0.4, 0.5) is 0 Å². The Morgan fingerprint density at radius 2 is 2.43 bits per heavy atom. The first-order valence-corrected chi connectivity index (χ1v) is 4.48. The molecular weight excluding hydrogens is 184 g/mol. The fraction of sp³-hybridized carbons (Fsp3) is 0.667. The molecule has 0 aliphatic carbocycles. The minimum absolute atomic E-state index is 0.205. The van der Waals surface area contributed by atoms with E-state index in [-0.39, 0.29) is 12.5 Å². The van der Waals surface area contributed by atoms with Crippen molar-refractivity contribution in [2.75, 3.05) is 20.3 Å². The summed E-state index contributed by atoms with van der Waals surface area (Å²) in [4.78, 5) is 11.1. The highest BCUT2D eigenvalue weighted by atomic mass is 16.5. The van der Waals surface area contributed by atoms with Gasteiger partial charge in [0.05, 0.1) is 6.61 Å². The maximum absolute atomic E-state index is 11.1. The fourth-order valence-corrected chi connectivity index (χ4v) is 0.897. The van der Waals surface area contributed by atoms with Gasteiger partial charge in [0.1, 0.15) is 0 Å². The van der Waals surface area contributed by atoms with Crippen molar-refractivity contribution in [3.63, 3.8) is 0 Å². The average molecular weight is 202 g/mol. The summed E-state index contributed by atoms with van der Waals surface area (Å²) < 4.78 is 10.1. The lowest BCUT2D eigenvalue weighted by atomic mass is 10.3. The number of carbonyl (C=O) groups is 1. The first-order valence-electron chi connectivity index (χ1n) is 4.48. The van der Waals surface area contributed by atoms with Crippen LogP contribution in [0.2, 0.25) is 0 Å². The molecule has 0 aromatic heterocycles. The lowest BCUT2D eigenvalue weighted by Crippen LogP contribution is -2.42. The number of hydrogen-bond donors (Lipinski definition) is 2. The Morgan fingerprint density at radius 1 is 1.71 bits per heavy atom. The van der Waals surface area contributed by atoms with E-state index in [1.807, 2.05) is 5.43 Å². The molecule has 5 heteroatoms. The number of methoxy groups -OCH3 is 1. The number of allylic oxidation sites excluding steroid dienone is 1. The molecule has 0 aliphatic heterocycles. The minimum atomic E-state index is -0.630. The van der Waals surface area contributed by atoms with Gasteiger partial charge in [0.15, 0.2) is 6.10 Å². The number of hydrogen-bond acceptors (Lipinski definition) is 4. The first kappa shape index (κ1) is 13.1. The number of carbonyl (C=O) groups excluding carboxylic acids is 1.